The molecule has 0 aliphatic heterocycles. The number of allylic oxidation sites excluding steroid dienone is 3. The topological polar surface area (TPSA) is 51.2 Å². The summed E-state index contributed by atoms with van der Waals surface area (Å²) in [4.78, 5) is 39.1. The van der Waals surface area contributed by atoms with Gasteiger partial charge in [0.05, 0.1) is 0 Å². The van der Waals surface area contributed by atoms with E-state index >= 15 is 0 Å². The van der Waals surface area contributed by atoms with Crippen LogP contribution in [-0.4, -0.2) is 17.3 Å². The molecule has 175 valence electrons. The number of carbonyl (C=O) groups is 3. The summed E-state index contributed by atoms with van der Waals surface area (Å²) in [6, 6.07) is 28.6. The summed E-state index contributed by atoms with van der Waals surface area (Å²) in [5.41, 5.74) is 2.55. The van der Waals surface area contributed by atoms with Crippen LogP contribution in [0.15, 0.2) is 103 Å². The molecule has 0 aliphatic rings. The van der Waals surface area contributed by atoms with Crippen LogP contribution in [-0.2, 0) is 31.1 Å². The predicted molar refractivity (Wildman–Crippen MR) is 135 cm³/mol. The summed E-state index contributed by atoms with van der Waals surface area (Å²) < 4.78 is 1.52. The van der Waals surface area contributed by atoms with Gasteiger partial charge < -0.3 is 0 Å². The van der Waals surface area contributed by atoms with E-state index in [1.54, 1.807) is 0 Å². The molecule has 0 bridgehead atoms. The van der Waals surface area contributed by atoms with Crippen LogP contribution in [0.3, 0.4) is 0 Å². The monoisotopic (exact) mass is 541 g/mol. The van der Waals surface area contributed by atoms with E-state index in [2.05, 4.69) is 0 Å². The molecule has 3 rings (SSSR count). The fourth-order valence-corrected chi connectivity index (χ4v) is 7.55. The third-order valence-electron chi connectivity index (χ3n) is 4.71. The van der Waals surface area contributed by atoms with Gasteiger partial charge in [-0.25, -0.2) is 0 Å². The van der Waals surface area contributed by atoms with Crippen molar-refractivity contribution in [3.05, 3.63) is 120 Å². The van der Waals surface area contributed by atoms with Crippen molar-refractivity contribution in [3.8, 4) is 0 Å². The second kappa shape index (κ2) is 12.1. The molecule has 3 aromatic rings. The zero-order chi connectivity index (χ0) is 24.5. The summed E-state index contributed by atoms with van der Waals surface area (Å²) in [5, 5.41) is 0. The molecule has 0 unspecified atom stereocenters. The van der Waals surface area contributed by atoms with Crippen LogP contribution in [0, 0.1) is 0 Å². The fraction of sp³-hybridized carbons (Fsp3) is 0.100. The summed E-state index contributed by atoms with van der Waals surface area (Å²) in [6.07, 6.45) is 5.48. The average Bonchev–Trinajstić information content (AvgIpc) is 2.83. The molecule has 0 spiro atoms. The molecule has 34 heavy (non-hydrogen) atoms. The molecular formula is C30H27O3Pd. The van der Waals surface area contributed by atoms with Gasteiger partial charge in [0.1, 0.15) is 0 Å². The predicted octanol–water partition coefficient (Wildman–Crippen LogP) is 6.49. The Kier molecular flexibility index (Phi) is 8.99. The standard InChI is InChI=1S/3C10H9O.Pd/c3*1-9(11)7-8-10-5-3-2-4-6-10;/h3*2-6,8H,1H3;. The van der Waals surface area contributed by atoms with Gasteiger partial charge in [0.15, 0.2) is 0 Å². The van der Waals surface area contributed by atoms with Gasteiger partial charge in [-0.2, -0.15) is 0 Å². The Bertz CT molecular complexity index is 1090. The first-order chi connectivity index (χ1) is 16.4. The molecule has 0 aliphatic carbocycles. The molecule has 0 radical (unpaired) electrons. The first kappa shape index (κ1) is 25.2. The third-order valence-corrected chi connectivity index (χ3v) is 9.53. The maximum absolute atomic E-state index is 13.0. The van der Waals surface area contributed by atoms with Gasteiger partial charge in [-0.3, -0.25) is 0 Å². The molecule has 0 atom stereocenters. The quantitative estimate of drug-likeness (QED) is 0.230. The normalized spacial score (nSPS) is 12.8. The summed E-state index contributed by atoms with van der Waals surface area (Å²) >= 11 is -2.42. The van der Waals surface area contributed by atoms with Crippen molar-refractivity contribution in [2.75, 3.05) is 0 Å². The molecule has 0 aromatic heterocycles. The number of Topliss-reactive ketones (excluding diaryl/α,β-unsaturated/α-hetero) is 3. The second-order valence-corrected chi connectivity index (χ2v) is 11.2. The van der Waals surface area contributed by atoms with Crippen molar-refractivity contribution in [2.24, 2.45) is 0 Å². The van der Waals surface area contributed by atoms with Crippen LogP contribution < -0.4 is 0 Å². The van der Waals surface area contributed by atoms with E-state index in [0.717, 1.165) is 16.7 Å². The van der Waals surface area contributed by atoms with Gasteiger partial charge in [0, 0.05) is 0 Å². The molecular weight excluding hydrogens is 515 g/mol. The Morgan fingerprint density at radius 2 is 0.706 bits per heavy atom. The number of hydrogen-bond donors (Lipinski definition) is 0. The Labute approximate surface area is 206 Å². The molecule has 0 fully saturated rings. The van der Waals surface area contributed by atoms with Crippen molar-refractivity contribution in [3.63, 3.8) is 0 Å². The van der Waals surface area contributed by atoms with Crippen LogP contribution in [0.25, 0.3) is 18.2 Å². The molecule has 0 saturated carbocycles. The first-order valence-corrected chi connectivity index (χ1v) is 13.1. The van der Waals surface area contributed by atoms with Gasteiger partial charge in [-0.15, -0.1) is 0 Å². The van der Waals surface area contributed by atoms with E-state index in [4.69, 9.17) is 0 Å². The van der Waals surface area contributed by atoms with Crippen LogP contribution in [0.2, 0.25) is 0 Å². The van der Waals surface area contributed by atoms with E-state index in [-0.39, 0.29) is 17.3 Å². The third kappa shape index (κ3) is 6.78. The van der Waals surface area contributed by atoms with E-state index in [9.17, 15) is 14.4 Å². The molecule has 0 heterocycles. The molecule has 0 N–H and O–H groups in total. The minimum atomic E-state index is -2.42. The van der Waals surface area contributed by atoms with Crippen molar-refractivity contribution >= 4 is 35.6 Å². The zero-order valence-corrected chi connectivity index (χ0v) is 21.0. The fourth-order valence-electron chi connectivity index (χ4n) is 3.11. The van der Waals surface area contributed by atoms with E-state index in [0.29, 0.717) is 12.1 Å². The van der Waals surface area contributed by atoms with Gasteiger partial charge in [0.2, 0.25) is 0 Å². The molecule has 0 amide bonds. The molecule has 3 nitrogen and oxygen atoms in total. The summed E-state index contributed by atoms with van der Waals surface area (Å²) in [5.74, 6) is -0.444. The number of hydrogen-bond acceptors (Lipinski definition) is 3. The summed E-state index contributed by atoms with van der Waals surface area (Å²) in [7, 11) is 0. The van der Waals surface area contributed by atoms with Crippen molar-refractivity contribution in [1.82, 2.24) is 0 Å². The van der Waals surface area contributed by atoms with Gasteiger partial charge in [-0.1, -0.05) is 0 Å². The number of carbonyl (C=O) groups excluding carboxylic acids is 3. The minimum absolute atomic E-state index is 0.148. The SMILES string of the molecule is CC(=O)[C](=Cc1ccccc1)[Pd]([C](=Cc1ccccc1)C(C)=O)[C](=Cc1ccccc1)C(C)=O. The zero-order valence-electron chi connectivity index (χ0n) is 19.4. The molecule has 3 aromatic carbocycles. The maximum atomic E-state index is 13.0. The molecule has 0 saturated heterocycles. The number of benzene rings is 3. The van der Waals surface area contributed by atoms with Crippen LogP contribution in [0.5, 0.6) is 0 Å². The molecule has 4 heteroatoms. The van der Waals surface area contributed by atoms with Crippen molar-refractivity contribution in [1.29, 1.82) is 0 Å². The first-order valence-electron chi connectivity index (χ1n) is 10.8. The summed E-state index contributed by atoms with van der Waals surface area (Å²) in [6.45, 7) is 4.51. The number of rotatable bonds is 9. The van der Waals surface area contributed by atoms with Crippen LogP contribution in [0.1, 0.15) is 37.5 Å². The van der Waals surface area contributed by atoms with E-state index in [1.807, 2.05) is 109 Å². The van der Waals surface area contributed by atoms with Gasteiger partial charge in [-0.05, 0) is 0 Å². The van der Waals surface area contributed by atoms with E-state index in [1.165, 1.54) is 20.8 Å². The van der Waals surface area contributed by atoms with Crippen molar-refractivity contribution < 1.29 is 31.1 Å². The van der Waals surface area contributed by atoms with Crippen LogP contribution in [0.4, 0.5) is 0 Å². The van der Waals surface area contributed by atoms with E-state index < -0.39 is 16.8 Å². The van der Waals surface area contributed by atoms with Gasteiger partial charge >= 0.3 is 207 Å². The van der Waals surface area contributed by atoms with Crippen LogP contribution >= 0.6 is 0 Å². The Balaban J connectivity index is 2.33. The van der Waals surface area contributed by atoms with Crippen molar-refractivity contribution in [2.45, 2.75) is 20.8 Å². The second-order valence-electron chi connectivity index (χ2n) is 7.51. The Morgan fingerprint density at radius 3 is 0.912 bits per heavy atom. The van der Waals surface area contributed by atoms with Gasteiger partial charge in [0.25, 0.3) is 0 Å². The Hall–Kier alpha value is -3.45. The Morgan fingerprint density at radius 1 is 0.471 bits per heavy atom. The average molecular weight is 542 g/mol. The number of ketones is 3.